The highest BCUT2D eigenvalue weighted by atomic mass is 35.5. The van der Waals surface area contributed by atoms with Gasteiger partial charge in [0.2, 0.25) is 5.91 Å². The molecule has 7 nitrogen and oxygen atoms in total. The number of aromatic amines is 1. The molecule has 1 amide bonds. The van der Waals surface area contributed by atoms with Crippen LogP contribution in [0, 0.1) is 20.8 Å². The van der Waals surface area contributed by atoms with Gasteiger partial charge in [0.25, 0.3) is 0 Å². The molecule has 8 heteroatoms. The van der Waals surface area contributed by atoms with Gasteiger partial charge < -0.3 is 5.32 Å². The minimum atomic E-state index is -0.439. The van der Waals surface area contributed by atoms with Gasteiger partial charge in [-0.25, -0.2) is 9.67 Å². The Balaban J connectivity index is 1.58. The van der Waals surface area contributed by atoms with Crippen molar-refractivity contribution in [3.8, 4) is 5.69 Å². The second-order valence-electron chi connectivity index (χ2n) is 7.40. The molecule has 0 aliphatic rings. The van der Waals surface area contributed by atoms with Crippen LogP contribution in [0.15, 0.2) is 54.6 Å². The van der Waals surface area contributed by atoms with Crippen molar-refractivity contribution < 1.29 is 4.79 Å². The first kappa shape index (κ1) is 20.8. The SMILES string of the molecule is Cc1nc(C(NC(=O)Cc2c(C)nn(-c3ccc(Cl)cc3)c2C)c2ccccc2)n[nH]1. The van der Waals surface area contributed by atoms with Crippen LogP contribution >= 0.6 is 11.6 Å². The van der Waals surface area contributed by atoms with Crippen LogP contribution in [-0.4, -0.2) is 30.9 Å². The van der Waals surface area contributed by atoms with E-state index in [1.807, 2.05) is 80.1 Å². The smallest absolute Gasteiger partial charge is 0.225 e. The van der Waals surface area contributed by atoms with Crippen molar-refractivity contribution in [2.45, 2.75) is 33.2 Å². The Morgan fingerprint density at radius 3 is 2.45 bits per heavy atom. The van der Waals surface area contributed by atoms with E-state index < -0.39 is 6.04 Å². The lowest BCUT2D eigenvalue weighted by molar-refractivity contribution is -0.121. The van der Waals surface area contributed by atoms with E-state index in [0.717, 1.165) is 28.2 Å². The third-order valence-electron chi connectivity index (χ3n) is 5.16. The highest BCUT2D eigenvalue weighted by Crippen LogP contribution is 2.22. The molecule has 2 N–H and O–H groups in total. The maximum absolute atomic E-state index is 13.0. The quantitative estimate of drug-likeness (QED) is 0.479. The molecule has 0 aliphatic heterocycles. The van der Waals surface area contributed by atoms with E-state index in [0.29, 0.717) is 16.7 Å². The van der Waals surface area contributed by atoms with Crippen LogP contribution < -0.4 is 5.32 Å². The monoisotopic (exact) mass is 434 g/mol. The zero-order chi connectivity index (χ0) is 22.0. The Kier molecular flexibility index (Phi) is 5.86. The fourth-order valence-electron chi connectivity index (χ4n) is 3.57. The standard InChI is InChI=1S/C23H23ClN6O/c1-14-20(15(2)30(29-14)19-11-9-18(24)10-12-19)13-21(31)26-22(17-7-5-4-6-8-17)23-25-16(3)27-28-23/h4-12,22H,13H2,1-3H3,(H,26,31)(H,25,27,28). The van der Waals surface area contributed by atoms with E-state index in [4.69, 9.17) is 11.6 Å². The molecule has 4 rings (SSSR count). The number of H-pyrrole nitrogens is 1. The van der Waals surface area contributed by atoms with Crippen LogP contribution in [0.1, 0.15) is 40.2 Å². The van der Waals surface area contributed by atoms with Crippen molar-refractivity contribution >= 4 is 17.5 Å². The summed E-state index contributed by atoms with van der Waals surface area (Å²) in [6.45, 7) is 5.71. The van der Waals surface area contributed by atoms with Gasteiger partial charge in [-0.1, -0.05) is 41.9 Å². The molecule has 0 aliphatic carbocycles. The normalized spacial score (nSPS) is 12.0. The predicted octanol–water partition coefficient (Wildman–Crippen LogP) is 4.02. The van der Waals surface area contributed by atoms with Crippen LogP contribution in [0.25, 0.3) is 5.69 Å². The second-order valence-corrected chi connectivity index (χ2v) is 7.84. The van der Waals surface area contributed by atoms with Gasteiger partial charge in [0.1, 0.15) is 11.9 Å². The van der Waals surface area contributed by atoms with Gasteiger partial charge in [-0.3, -0.25) is 9.89 Å². The average Bonchev–Trinajstić information content (AvgIpc) is 3.31. The van der Waals surface area contributed by atoms with Crippen LogP contribution in [0.2, 0.25) is 5.02 Å². The molecule has 0 fully saturated rings. The highest BCUT2D eigenvalue weighted by Gasteiger charge is 2.23. The number of hydrogen-bond acceptors (Lipinski definition) is 4. The lowest BCUT2D eigenvalue weighted by atomic mass is 10.0. The van der Waals surface area contributed by atoms with Crippen molar-refractivity contribution in [3.63, 3.8) is 0 Å². The van der Waals surface area contributed by atoms with Crippen molar-refractivity contribution in [2.75, 3.05) is 0 Å². The molecular weight excluding hydrogens is 412 g/mol. The number of benzene rings is 2. The zero-order valence-electron chi connectivity index (χ0n) is 17.6. The number of halogens is 1. The van der Waals surface area contributed by atoms with E-state index in [-0.39, 0.29) is 12.3 Å². The molecule has 1 unspecified atom stereocenters. The molecular formula is C23H23ClN6O. The fourth-order valence-corrected chi connectivity index (χ4v) is 3.69. The van der Waals surface area contributed by atoms with Gasteiger partial charge in [0.15, 0.2) is 5.82 Å². The van der Waals surface area contributed by atoms with Gasteiger partial charge >= 0.3 is 0 Å². The van der Waals surface area contributed by atoms with Crippen LogP contribution in [0.4, 0.5) is 0 Å². The molecule has 2 aromatic carbocycles. The topological polar surface area (TPSA) is 88.5 Å². The van der Waals surface area contributed by atoms with E-state index in [9.17, 15) is 4.79 Å². The fraction of sp³-hybridized carbons (Fsp3) is 0.217. The number of aryl methyl sites for hydroxylation is 2. The summed E-state index contributed by atoms with van der Waals surface area (Å²) in [7, 11) is 0. The molecule has 4 aromatic rings. The molecule has 0 radical (unpaired) electrons. The van der Waals surface area contributed by atoms with E-state index in [2.05, 4.69) is 25.6 Å². The van der Waals surface area contributed by atoms with Gasteiger partial charge in [-0.2, -0.15) is 10.2 Å². The Labute approximate surface area is 185 Å². The van der Waals surface area contributed by atoms with Crippen LogP contribution in [0.5, 0.6) is 0 Å². The van der Waals surface area contributed by atoms with Crippen molar-refractivity contribution in [1.82, 2.24) is 30.3 Å². The summed E-state index contributed by atoms with van der Waals surface area (Å²) < 4.78 is 1.83. The number of aromatic nitrogens is 5. The number of rotatable bonds is 6. The summed E-state index contributed by atoms with van der Waals surface area (Å²) in [5, 5.41) is 15.5. The van der Waals surface area contributed by atoms with Gasteiger partial charge in [0.05, 0.1) is 17.8 Å². The van der Waals surface area contributed by atoms with Crippen LogP contribution in [-0.2, 0) is 11.2 Å². The van der Waals surface area contributed by atoms with Gasteiger partial charge in [-0.15, -0.1) is 0 Å². The second kappa shape index (κ2) is 8.73. The maximum atomic E-state index is 13.0. The number of nitrogens with one attached hydrogen (secondary N) is 2. The number of nitrogens with zero attached hydrogens (tertiary/aromatic N) is 4. The Morgan fingerprint density at radius 2 is 1.81 bits per heavy atom. The Bertz CT molecular complexity index is 1200. The largest absolute Gasteiger partial charge is 0.342 e. The van der Waals surface area contributed by atoms with E-state index >= 15 is 0 Å². The first-order valence-corrected chi connectivity index (χ1v) is 10.3. The number of amides is 1. The lowest BCUT2D eigenvalue weighted by Gasteiger charge is -2.16. The molecule has 0 spiro atoms. The first-order valence-electron chi connectivity index (χ1n) is 9.96. The molecule has 158 valence electrons. The maximum Gasteiger partial charge on any atom is 0.225 e. The van der Waals surface area contributed by atoms with E-state index in [1.165, 1.54) is 0 Å². The molecule has 0 saturated carbocycles. The molecule has 2 heterocycles. The Morgan fingerprint density at radius 1 is 1.10 bits per heavy atom. The summed E-state index contributed by atoms with van der Waals surface area (Å²) in [5.41, 5.74) is 4.44. The average molecular weight is 435 g/mol. The molecule has 2 aromatic heterocycles. The molecule has 1 atom stereocenters. The summed E-state index contributed by atoms with van der Waals surface area (Å²) in [6.07, 6.45) is 0.206. The minimum Gasteiger partial charge on any atom is -0.342 e. The first-order chi connectivity index (χ1) is 14.9. The van der Waals surface area contributed by atoms with Crippen LogP contribution in [0.3, 0.4) is 0 Å². The summed E-state index contributed by atoms with van der Waals surface area (Å²) in [5.74, 6) is 1.10. The number of carbonyl (C=O) groups excluding carboxylic acids is 1. The molecule has 31 heavy (non-hydrogen) atoms. The van der Waals surface area contributed by atoms with Crippen molar-refractivity contribution in [1.29, 1.82) is 0 Å². The molecule has 0 bridgehead atoms. The Hall–Kier alpha value is -3.45. The van der Waals surface area contributed by atoms with Crippen molar-refractivity contribution in [2.24, 2.45) is 0 Å². The third-order valence-corrected chi connectivity index (χ3v) is 5.41. The summed E-state index contributed by atoms with van der Waals surface area (Å²) in [4.78, 5) is 17.5. The highest BCUT2D eigenvalue weighted by molar-refractivity contribution is 6.30. The minimum absolute atomic E-state index is 0.127. The van der Waals surface area contributed by atoms with Crippen molar-refractivity contribution in [3.05, 3.63) is 93.8 Å². The number of hydrogen-bond donors (Lipinski definition) is 2. The van der Waals surface area contributed by atoms with Gasteiger partial charge in [-0.05, 0) is 50.6 Å². The van der Waals surface area contributed by atoms with E-state index in [1.54, 1.807) is 0 Å². The summed E-state index contributed by atoms with van der Waals surface area (Å²) >= 11 is 6.00. The lowest BCUT2D eigenvalue weighted by Crippen LogP contribution is -2.31. The number of carbonyl (C=O) groups is 1. The predicted molar refractivity (Wildman–Crippen MR) is 119 cm³/mol. The van der Waals surface area contributed by atoms with Gasteiger partial charge in [0, 0.05) is 16.3 Å². The zero-order valence-corrected chi connectivity index (χ0v) is 18.3. The molecule has 0 saturated heterocycles. The summed E-state index contributed by atoms with van der Waals surface area (Å²) in [6, 6.07) is 16.7. The third kappa shape index (κ3) is 4.51.